The van der Waals surface area contributed by atoms with Crippen LogP contribution in [-0.4, -0.2) is 7.05 Å². The van der Waals surface area contributed by atoms with Crippen LogP contribution in [0.25, 0.3) is 9.40 Å². The lowest BCUT2D eigenvalue weighted by molar-refractivity contribution is 0.457. The van der Waals surface area contributed by atoms with Crippen molar-refractivity contribution in [2.45, 2.75) is 24.8 Å². The standard InChI is InChI=1S/C17H17NS2/c1-18-14(16-10-17-15(20-16)6-7-19-17)9-12-8-11-4-2-3-5-13(11)12/h2-7,10,12,14,18H,8-9H2,1H3. The number of benzene rings is 1. The van der Waals surface area contributed by atoms with Crippen molar-refractivity contribution in [2.75, 3.05) is 7.05 Å². The van der Waals surface area contributed by atoms with Crippen LogP contribution in [0.5, 0.6) is 0 Å². The van der Waals surface area contributed by atoms with Crippen LogP contribution >= 0.6 is 22.7 Å². The molecule has 2 atom stereocenters. The summed E-state index contributed by atoms with van der Waals surface area (Å²) in [6.45, 7) is 0. The summed E-state index contributed by atoms with van der Waals surface area (Å²) >= 11 is 3.79. The summed E-state index contributed by atoms with van der Waals surface area (Å²) in [6.07, 6.45) is 2.45. The number of hydrogen-bond donors (Lipinski definition) is 1. The van der Waals surface area contributed by atoms with Gasteiger partial charge >= 0.3 is 0 Å². The number of thiophene rings is 2. The van der Waals surface area contributed by atoms with Crippen LogP contribution in [0.1, 0.15) is 34.4 Å². The Hall–Kier alpha value is -1.16. The second-order valence-corrected chi connectivity index (χ2v) is 7.54. The highest BCUT2D eigenvalue weighted by molar-refractivity contribution is 7.26. The highest BCUT2D eigenvalue weighted by atomic mass is 32.1. The van der Waals surface area contributed by atoms with E-state index in [2.05, 4.69) is 54.1 Å². The molecule has 0 amide bonds. The van der Waals surface area contributed by atoms with Gasteiger partial charge in [-0.2, -0.15) is 0 Å². The monoisotopic (exact) mass is 299 g/mol. The first kappa shape index (κ1) is 12.6. The van der Waals surface area contributed by atoms with Crippen molar-refractivity contribution in [2.24, 2.45) is 0 Å². The summed E-state index contributed by atoms with van der Waals surface area (Å²) in [6, 6.07) is 14.0. The van der Waals surface area contributed by atoms with E-state index in [1.165, 1.54) is 27.1 Å². The summed E-state index contributed by atoms with van der Waals surface area (Å²) in [5.74, 6) is 0.726. The van der Waals surface area contributed by atoms with Gasteiger partial charge in [-0.3, -0.25) is 0 Å². The van der Waals surface area contributed by atoms with E-state index >= 15 is 0 Å². The van der Waals surface area contributed by atoms with Crippen LogP contribution in [0, 0.1) is 0 Å². The van der Waals surface area contributed by atoms with E-state index < -0.39 is 0 Å². The number of hydrogen-bond acceptors (Lipinski definition) is 3. The van der Waals surface area contributed by atoms with Gasteiger partial charge in [0.05, 0.1) is 0 Å². The molecule has 4 rings (SSSR count). The van der Waals surface area contributed by atoms with Gasteiger partial charge in [-0.1, -0.05) is 24.3 Å². The molecular formula is C17H17NS2. The predicted octanol–water partition coefficient (Wildman–Crippen LogP) is 4.95. The summed E-state index contributed by atoms with van der Waals surface area (Å²) < 4.78 is 2.86. The van der Waals surface area contributed by atoms with Gasteiger partial charge in [0.2, 0.25) is 0 Å². The Kier molecular flexibility index (Phi) is 3.14. The van der Waals surface area contributed by atoms with Crippen LogP contribution in [0.4, 0.5) is 0 Å². The molecule has 3 aromatic rings. The van der Waals surface area contributed by atoms with Gasteiger partial charge in [-0.05, 0) is 54.4 Å². The molecule has 0 spiro atoms. The van der Waals surface area contributed by atoms with Crippen molar-refractivity contribution >= 4 is 32.1 Å². The Morgan fingerprint density at radius 2 is 2.15 bits per heavy atom. The number of fused-ring (bicyclic) bond motifs is 2. The average Bonchev–Trinajstić information content (AvgIpc) is 3.01. The molecule has 2 unspecified atom stereocenters. The van der Waals surface area contributed by atoms with Gasteiger partial charge in [-0.25, -0.2) is 0 Å². The second-order valence-electron chi connectivity index (χ2n) is 5.47. The lowest BCUT2D eigenvalue weighted by Gasteiger charge is -2.32. The summed E-state index contributed by atoms with van der Waals surface area (Å²) in [5, 5.41) is 5.70. The fraction of sp³-hybridized carbons (Fsp3) is 0.294. The Morgan fingerprint density at radius 1 is 1.25 bits per heavy atom. The third-order valence-corrected chi connectivity index (χ3v) is 6.54. The van der Waals surface area contributed by atoms with Gasteiger partial charge in [0, 0.05) is 20.3 Å². The average molecular weight is 299 g/mol. The first-order valence-corrected chi connectivity index (χ1v) is 8.77. The van der Waals surface area contributed by atoms with Gasteiger partial charge in [0.15, 0.2) is 0 Å². The van der Waals surface area contributed by atoms with Crippen molar-refractivity contribution < 1.29 is 0 Å². The van der Waals surface area contributed by atoms with Gasteiger partial charge in [-0.15, -0.1) is 22.7 Å². The molecule has 3 heteroatoms. The third-order valence-electron chi connectivity index (χ3n) is 4.33. The molecular weight excluding hydrogens is 282 g/mol. The maximum atomic E-state index is 3.51. The van der Waals surface area contributed by atoms with Crippen molar-refractivity contribution in [3.63, 3.8) is 0 Å². The quantitative estimate of drug-likeness (QED) is 0.718. The molecule has 1 aromatic carbocycles. The largest absolute Gasteiger partial charge is 0.312 e. The minimum atomic E-state index is 0.484. The topological polar surface area (TPSA) is 12.0 Å². The van der Waals surface area contributed by atoms with Crippen LogP contribution in [0.15, 0.2) is 41.8 Å². The summed E-state index contributed by atoms with van der Waals surface area (Å²) in [7, 11) is 2.09. The Bertz CT molecular complexity index is 712. The van der Waals surface area contributed by atoms with Crippen LogP contribution in [0.3, 0.4) is 0 Å². The minimum Gasteiger partial charge on any atom is -0.312 e. The molecule has 0 bridgehead atoms. The summed E-state index contributed by atoms with van der Waals surface area (Å²) in [4.78, 5) is 1.48. The first-order valence-electron chi connectivity index (χ1n) is 7.07. The fourth-order valence-electron chi connectivity index (χ4n) is 3.19. The second kappa shape index (κ2) is 4.99. The lowest BCUT2D eigenvalue weighted by atomic mass is 9.74. The van der Waals surface area contributed by atoms with Gasteiger partial charge in [0.25, 0.3) is 0 Å². The Labute approximate surface area is 127 Å². The molecule has 0 saturated carbocycles. The van der Waals surface area contributed by atoms with Crippen molar-refractivity contribution in [3.05, 3.63) is 57.8 Å². The molecule has 0 aliphatic heterocycles. The maximum absolute atomic E-state index is 3.51. The van der Waals surface area contributed by atoms with Crippen molar-refractivity contribution in [1.29, 1.82) is 0 Å². The normalized spacial score (nSPS) is 18.8. The first-order chi connectivity index (χ1) is 9.85. The smallest absolute Gasteiger partial charge is 0.0454 e. The van der Waals surface area contributed by atoms with E-state index in [0.29, 0.717) is 6.04 Å². The van der Waals surface area contributed by atoms with Crippen LogP contribution in [0.2, 0.25) is 0 Å². The highest BCUT2D eigenvalue weighted by Crippen LogP contribution is 2.42. The zero-order valence-electron chi connectivity index (χ0n) is 11.4. The van der Waals surface area contributed by atoms with E-state index in [9.17, 15) is 0 Å². The zero-order chi connectivity index (χ0) is 13.5. The van der Waals surface area contributed by atoms with Crippen LogP contribution in [-0.2, 0) is 6.42 Å². The molecule has 0 fully saturated rings. The zero-order valence-corrected chi connectivity index (χ0v) is 13.1. The van der Waals surface area contributed by atoms with Crippen LogP contribution < -0.4 is 5.32 Å². The van der Waals surface area contributed by atoms with E-state index in [4.69, 9.17) is 0 Å². The molecule has 0 saturated heterocycles. The molecule has 0 radical (unpaired) electrons. The molecule has 1 N–H and O–H groups in total. The molecule has 1 aliphatic carbocycles. The lowest BCUT2D eigenvalue weighted by Crippen LogP contribution is -2.24. The Morgan fingerprint density at radius 3 is 2.95 bits per heavy atom. The highest BCUT2D eigenvalue weighted by Gasteiger charge is 2.28. The molecule has 1 aliphatic rings. The minimum absolute atomic E-state index is 0.484. The molecule has 1 nitrogen and oxygen atoms in total. The van der Waals surface area contributed by atoms with Gasteiger partial charge < -0.3 is 5.32 Å². The third kappa shape index (κ3) is 2.01. The van der Waals surface area contributed by atoms with Crippen molar-refractivity contribution in [3.8, 4) is 0 Å². The number of rotatable bonds is 4. The molecule has 20 heavy (non-hydrogen) atoms. The number of nitrogens with one attached hydrogen (secondary N) is 1. The van der Waals surface area contributed by atoms with E-state index in [1.54, 1.807) is 11.1 Å². The van der Waals surface area contributed by atoms with Gasteiger partial charge in [0.1, 0.15) is 0 Å². The summed E-state index contributed by atoms with van der Waals surface area (Å²) in [5.41, 5.74) is 3.10. The van der Waals surface area contributed by atoms with E-state index in [1.807, 2.05) is 22.7 Å². The van der Waals surface area contributed by atoms with E-state index in [-0.39, 0.29) is 0 Å². The molecule has 2 heterocycles. The molecule has 102 valence electrons. The predicted molar refractivity (Wildman–Crippen MR) is 89.0 cm³/mol. The SMILES string of the molecule is CNC(CC1Cc2ccccc21)c1cc2sccc2s1. The maximum Gasteiger partial charge on any atom is 0.0454 e. The van der Waals surface area contributed by atoms with Crippen molar-refractivity contribution in [1.82, 2.24) is 5.32 Å². The molecule has 2 aromatic heterocycles. The Balaban J connectivity index is 1.56. The van der Waals surface area contributed by atoms with E-state index in [0.717, 1.165) is 5.92 Å². The fourth-order valence-corrected chi connectivity index (χ4v) is 5.43.